The monoisotopic (exact) mass is 760 g/mol. The molecule has 0 spiro atoms. The van der Waals surface area contributed by atoms with Gasteiger partial charge in [-0.2, -0.15) is 0 Å². The predicted octanol–water partition coefficient (Wildman–Crippen LogP) is 8.09. The van der Waals surface area contributed by atoms with E-state index in [1.807, 2.05) is 60.7 Å². The molecule has 1 amide bonds. The molecule has 1 fully saturated rings. The molecular weight excluding hydrogens is 705 g/mol. The van der Waals surface area contributed by atoms with E-state index in [0.717, 1.165) is 101 Å². The van der Waals surface area contributed by atoms with Gasteiger partial charge in [0.25, 0.3) is 0 Å². The zero-order valence-corrected chi connectivity index (χ0v) is 32.2. The number of H-pyrrole nitrogens is 1. The van der Waals surface area contributed by atoms with Crippen LogP contribution in [0, 0.1) is 5.92 Å². The number of hydrogen-bond donors (Lipinski definition) is 6. The molecular formula is C46H56N4O6. The molecule has 0 saturated carbocycles. The Labute approximate surface area is 329 Å². The van der Waals surface area contributed by atoms with Crippen molar-refractivity contribution in [3.05, 3.63) is 142 Å². The van der Waals surface area contributed by atoms with Gasteiger partial charge in [-0.05, 0) is 97.8 Å². The Morgan fingerprint density at radius 2 is 1.50 bits per heavy atom. The number of nitrogens with zero attached hydrogens (tertiary/aromatic N) is 1. The average Bonchev–Trinajstić information content (AvgIpc) is 3.21. The number of ether oxygens (including phenoxy) is 1. The number of carboxylic acid groups (broad SMARTS) is 1. The van der Waals surface area contributed by atoms with Crippen molar-refractivity contribution in [2.75, 3.05) is 32.8 Å². The van der Waals surface area contributed by atoms with Gasteiger partial charge < -0.3 is 35.7 Å². The molecule has 1 saturated heterocycles. The van der Waals surface area contributed by atoms with Gasteiger partial charge in [-0.1, -0.05) is 111 Å². The van der Waals surface area contributed by atoms with Crippen molar-refractivity contribution in [2.24, 2.45) is 5.92 Å². The van der Waals surface area contributed by atoms with E-state index in [-0.39, 0.29) is 17.2 Å². The van der Waals surface area contributed by atoms with Gasteiger partial charge in [-0.3, -0.25) is 9.69 Å². The number of aliphatic hydroxyl groups excluding tert-OH is 1. The van der Waals surface area contributed by atoms with E-state index < -0.39 is 17.7 Å². The molecule has 5 aromatic rings. The molecule has 10 heteroatoms. The Hall–Kier alpha value is -5.16. The zero-order valence-electron chi connectivity index (χ0n) is 32.2. The fourth-order valence-electron chi connectivity index (χ4n) is 8.28. The number of unbranched alkanes of at least 4 members (excludes halogenated alkanes) is 6. The van der Waals surface area contributed by atoms with Crippen LogP contribution >= 0.6 is 0 Å². The first-order valence-corrected chi connectivity index (χ1v) is 20.1. The summed E-state index contributed by atoms with van der Waals surface area (Å²) in [6, 6.07) is 34.7. The van der Waals surface area contributed by atoms with Crippen molar-refractivity contribution in [2.45, 2.75) is 76.0 Å². The summed E-state index contributed by atoms with van der Waals surface area (Å²) in [5.41, 5.74) is 2.93. The number of aromatic nitrogens is 1. The maximum Gasteiger partial charge on any atom is 0.405 e. The van der Waals surface area contributed by atoms with Crippen LogP contribution in [0.5, 0.6) is 11.5 Å². The third-order valence-corrected chi connectivity index (χ3v) is 11.1. The lowest BCUT2D eigenvalue weighted by atomic mass is 9.69. The standard InChI is InChI=1S/C46H56N4O6/c51-41-23-21-39(40-22-24-43(53)48-44(40)41)42(52)32-47-27-12-4-2-1-3-5-13-30-56-38-20-14-19-37(31-38)46(49-45(54)55,35-17-10-7-11-18-35)36-25-28-50(29-26-36)33-34-15-8-6-9-16-34/h6-11,14-24,31,36,42,47,49,51-52H,1-5,12-13,25-30,32-33H2,(H,48,53)(H,54,55)/t42-,46?/m0/s1. The summed E-state index contributed by atoms with van der Waals surface area (Å²) >= 11 is 0. The lowest BCUT2D eigenvalue weighted by molar-refractivity contribution is 0.113. The highest BCUT2D eigenvalue weighted by atomic mass is 16.5. The van der Waals surface area contributed by atoms with Crippen LogP contribution < -0.4 is 20.9 Å². The molecule has 6 rings (SSSR count). The lowest BCUT2D eigenvalue weighted by Crippen LogP contribution is -2.54. The summed E-state index contributed by atoms with van der Waals surface area (Å²) in [4.78, 5) is 29.3. The number of nitrogens with one attached hydrogen (secondary N) is 3. The summed E-state index contributed by atoms with van der Waals surface area (Å²) < 4.78 is 6.27. The summed E-state index contributed by atoms with van der Waals surface area (Å²) in [6.07, 6.45) is 7.50. The Morgan fingerprint density at radius 1 is 0.821 bits per heavy atom. The Bertz CT molecular complexity index is 2030. The second-order valence-corrected chi connectivity index (χ2v) is 15.0. The molecule has 6 N–H and O–H groups in total. The summed E-state index contributed by atoms with van der Waals surface area (Å²) in [6.45, 7) is 4.46. The molecule has 0 aliphatic carbocycles. The molecule has 1 aromatic heterocycles. The number of aromatic amines is 1. The quantitative estimate of drug-likeness (QED) is 0.0437. The molecule has 2 atom stereocenters. The number of benzene rings is 4. The normalized spacial score (nSPS) is 15.3. The van der Waals surface area contributed by atoms with Crippen LogP contribution in [0.1, 0.15) is 86.1 Å². The van der Waals surface area contributed by atoms with Gasteiger partial charge in [0.2, 0.25) is 5.56 Å². The van der Waals surface area contributed by atoms with Gasteiger partial charge in [0.05, 0.1) is 23.8 Å². The topological polar surface area (TPSA) is 147 Å². The lowest BCUT2D eigenvalue weighted by Gasteiger charge is -2.45. The fraction of sp³-hybridized carbons (Fsp3) is 0.391. The Morgan fingerprint density at radius 3 is 2.23 bits per heavy atom. The number of piperidine rings is 1. The largest absolute Gasteiger partial charge is 0.506 e. The van der Waals surface area contributed by atoms with Crippen molar-refractivity contribution >= 4 is 17.0 Å². The average molecular weight is 761 g/mol. The van der Waals surface area contributed by atoms with Crippen LogP contribution in [0.2, 0.25) is 0 Å². The van der Waals surface area contributed by atoms with Crippen LogP contribution in [0.3, 0.4) is 0 Å². The van der Waals surface area contributed by atoms with Crippen molar-refractivity contribution < 1.29 is 24.9 Å². The van der Waals surface area contributed by atoms with Crippen LogP contribution in [0.15, 0.2) is 114 Å². The highest BCUT2D eigenvalue weighted by Gasteiger charge is 2.45. The Kier molecular flexibility index (Phi) is 14.6. The first kappa shape index (κ1) is 40.5. The minimum absolute atomic E-state index is 0.0151. The number of aromatic hydroxyl groups is 1. The van der Waals surface area contributed by atoms with Crippen LogP contribution in [-0.4, -0.2) is 64.1 Å². The molecule has 10 nitrogen and oxygen atoms in total. The third kappa shape index (κ3) is 10.6. The molecule has 296 valence electrons. The van der Waals surface area contributed by atoms with Crippen molar-refractivity contribution in [1.82, 2.24) is 20.5 Å². The summed E-state index contributed by atoms with van der Waals surface area (Å²) in [7, 11) is 0. The van der Waals surface area contributed by atoms with Crippen LogP contribution in [0.25, 0.3) is 10.9 Å². The van der Waals surface area contributed by atoms with E-state index in [1.165, 1.54) is 17.7 Å². The van der Waals surface area contributed by atoms with E-state index in [2.05, 4.69) is 44.8 Å². The van der Waals surface area contributed by atoms with Gasteiger partial charge >= 0.3 is 6.09 Å². The van der Waals surface area contributed by atoms with E-state index in [1.54, 1.807) is 12.1 Å². The number of rotatable bonds is 20. The van der Waals surface area contributed by atoms with Crippen molar-refractivity contribution in [3.63, 3.8) is 0 Å². The summed E-state index contributed by atoms with van der Waals surface area (Å²) in [5, 5.41) is 38.1. The van der Waals surface area contributed by atoms with E-state index in [4.69, 9.17) is 4.74 Å². The smallest absolute Gasteiger partial charge is 0.405 e. The number of pyridine rings is 1. The fourth-order valence-corrected chi connectivity index (χ4v) is 8.28. The van der Waals surface area contributed by atoms with Gasteiger partial charge in [0.1, 0.15) is 11.5 Å². The molecule has 1 unspecified atom stereocenters. The van der Waals surface area contributed by atoms with E-state index >= 15 is 0 Å². The maximum atomic E-state index is 12.5. The van der Waals surface area contributed by atoms with E-state index in [9.17, 15) is 24.9 Å². The third-order valence-electron chi connectivity index (χ3n) is 11.1. The molecule has 4 aromatic carbocycles. The zero-order chi connectivity index (χ0) is 39.2. The van der Waals surface area contributed by atoms with Crippen LogP contribution in [-0.2, 0) is 12.1 Å². The second-order valence-electron chi connectivity index (χ2n) is 15.0. The van der Waals surface area contributed by atoms with Gasteiger partial charge in [-0.15, -0.1) is 0 Å². The Balaban J connectivity index is 0.935. The number of amides is 1. The first-order chi connectivity index (χ1) is 27.3. The number of fused-ring (bicyclic) bond motifs is 1. The number of phenolic OH excluding ortho intramolecular Hbond substituents is 1. The number of likely N-dealkylation sites (tertiary alicyclic amines) is 1. The minimum atomic E-state index is -1.04. The highest BCUT2D eigenvalue weighted by molar-refractivity contribution is 5.87. The molecule has 1 aliphatic heterocycles. The number of phenols is 1. The van der Waals surface area contributed by atoms with Crippen LogP contribution in [0.4, 0.5) is 4.79 Å². The highest BCUT2D eigenvalue weighted by Crippen LogP contribution is 2.43. The van der Waals surface area contributed by atoms with Crippen molar-refractivity contribution in [1.29, 1.82) is 0 Å². The van der Waals surface area contributed by atoms with Gasteiger partial charge in [0, 0.05) is 24.5 Å². The molecule has 0 radical (unpaired) electrons. The maximum absolute atomic E-state index is 12.5. The van der Waals surface area contributed by atoms with E-state index in [0.29, 0.717) is 29.6 Å². The first-order valence-electron chi connectivity index (χ1n) is 20.1. The number of aliphatic hydroxyl groups is 1. The van der Waals surface area contributed by atoms with Crippen molar-refractivity contribution in [3.8, 4) is 11.5 Å². The minimum Gasteiger partial charge on any atom is -0.506 e. The number of hydrogen-bond acceptors (Lipinski definition) is 7. The molecule has 2 heterocycles. The summed E-state index contributed by atoms with van der Waals surface area (Å²) in [5.74, 6) is 0.798. The molecule has 1 aliphatic rings. The number of carbonyl (C=O) groups is 1. The van der Waals surface area contributed by atoms with Gasteiger partial charge in [-0.25, -0.2) is 4.79 Å². The molecule has 56 heavy (non-hydrogen) atoms. The predicted molar refractivity (Wildman–Crippen MR) is 221 cm³/mol. The SMILES string of the molecule is O=C(O)NC(c1ccccc1)(c1cccc(OCCCCCCCCCNC[C@H](O)c2ccc(O)c3[nH]c(=O)ccc23)c1)C1CCN(Cc2ccccc2)CC1. The molecule has 0 bridgehead atoms. The van der Waals surface area contributed by atoms with Gasteiger partial charge in [0.15, 0.2) is 0 Å². The second kappa shape index (κ2) is 20.1.